The molecule has 2 rings (SSSR count). The summed E-state index contributed by atoms with van der Waals surface area (Å²) in [7, 11) is 0. The Morgan fingerprint density at radius 1 is 1.14 bits per heavy atom. The zero-order valence-electron chi connectivity index (χ0n) is 9.63. The molecule has 0 heterocycles. The van der Waals surface area contributed by atoms with Gasteiger partial charge in [-0.25, -0.2) is 0 Å². The first-order valence-corrected chi connectivity index (χ1v) is 6.42. The largest absolute Gasteiger partial charge is 0.392 e. The summed E-state index contributed by atoms with van der Waals surface area (Å²) < 4.78 is 0. The maximum atomic E-state index is 10.4. The molecule has 14 heavy (non-hydrogen) atoms. The summed E-state index contributed by atoms with van der Waals surface area (Å²) in [5.41, 5.74) is 0.326. The number of rotatable bonds is 4. The second kappa shape index (κ2) is 3.84. The van der Waals surface area contributed by atoms with Gasteiger partial charge in [-0.05, 0) is 49.4 Å². The molecular weight excluding hydrogens is 172 g/mol. The first kappa shape index (κ1) is 10.5. The zero-order chi connectivity index (χ0) is 10.2. The third-order valence-electron chi connectivity index (χ3n) is 4.75. The summed E-state index contributed by atoms with van der Waals surface area (Å²) in [4.78, 5) is 0. The van der Waals surface area contributed by atoms with Gasteiger partial charge in [-0.1, -0.05) is 26.7 Å². The molecule has 2 fully saturated rings. The lowest BCUT2D eigenvalue weighted by Gasteiger charge is -2.41. The van der Waals surface area contributed by atoms with Crippen molar-refractivity contribution >= 4 is 0 Å². The summed E-state index contributed by atoms with van der Waals surface area (Å²) in [5.74, 6) is 1.50. The highest BCUT2D eigenvalue weighted by Crippen LogP contribution is 2.60. The fourth-order valence-electron chi connectivity index (χ4n) is 4.30. The van der Waals surface area contributed by atoms with Crippen molar-refractivity contribution in [3.63, 3.8) is 0 Å². The van der Waals surface area contributed by atoms with E-state index in [1.807, 2.05) is 0 Å². The van der Waals surface area contributed by atoms with Crippen LogP contribution in [-0.2, 0) is 0 Å². The molecule has 0 spiro atoms. The topological polar surface area (TPSA) is 20.2 Å². The van der Waals surface area contributed by atoms with E-state index in [9.17, 15) is 5.11 Å². The minimum Gasteiger partial charge on any atom is -0.392 e. The molecule has 1 heteroatoms. The van der Waals surface area contributed by atoms with Crippen LogP contribution in [0.4, 0.5) is 0 Å². The normalized spacial score (nSPS) is 39.2. The lowest BCUT2D eigenvalue weighted by atomic mass is 9.66. The molecule has 0 aliphatic heterocycles. The highest BCUT2D eigenvalue weighted by atomic mass is 16.3. The molecule has 2 saturated carbocycles. The Labute approximate surface area is 87.9 Å². The number of fused-ring (bicyclic) bond motifs is 2. The molecule has 2 aliphatic carbocycles. The monoisotopic (exact) mass is 196 g/mol. The van der Waals surface area contributed by atoms with Crippen molar-refractivity contribution < 1.29 is 5.11 Å². The molecule has 0 amide bonds. The third kappa shape index (κ3) is 1.32. The molecule has 0 radical (unpaired) electrons. The van der Waals surface area contributed by atoms with Crippen LogP contribution in [0.25, 0.3) is 0 Å². The Balaban J connectivity index is 2.16. The molecule has 3 unspecified atom stereocenters. The number of hydrogen-bond acceptors (Lipinski definition) is 1. The van der Waals surface area contributed by atoms with E-state index in [1.165, 1.54) is 44.9 Å². The molecule has 0 saturated heterocycles. The van der Waals surface area contributed by atoms with Gasteiger partial charge in [0.1, 0.15) is 0 Å². The predicted octanol–water partition coefficient (Wildman–Crippen LogP) is 3.36. The molecule has 2 aliphatic rings. The number of aliphatic hydroxyl groups excluding tert-OH is 1. The second-order valence-corrected chi connectivity index (χ2v) is 5.45. The minimum atomic E-state index is 0.0288. The van der Waals surface area contributed by atoms with Crippen LogP contribution in [0, 0.1) is 17.3 Å². The first-order chi connectivity index (χ1) is 6.74. The van der Waals surface area contributed by atoms with E-state index < -0.39 is 0 Å². The summed E-state index contributed by atoms with van der Waals surface area (Å²) >= 11 is 0. The van der Waals surface area contributed by atoms with Gasteiger partial charge >= 0.3 is 0 Å². The second-order valence-electron chi connectivity index (χ2n) is 5.45. The van der Waals surface area contributed by atoms with E-state index in [2.05, 4.69) is 13.8 Å². The summed E-state index contributed by atoms with van der Waals surface area (Å²) in [6.07, 6.45) is 9.01. The average Bonchev–Trinajstić information content (AvgIpc) is 2.71. The van der Waals surface area contributed by atoms with Crippen LogP contribution < -0.4 is 0 Å². The van der Waals surface area contributed by atoms with Crippen LogP contribution in [-0.4, -0.2) is 11.2 Å². The van der Waals surface area contributed by atoms with Crippen molar-refractivity contribution in [2.45, 2.75) is 64.9 Å². The van der Waals surface area contributed by atoms with Crippen molar-refractivity contribution in [1.82, 2.24) is 0 Å². The van der Waals surface area contributed by atoms with Crippen molar-refractivity contribution in [2.75, 3.05) is 0 Å². The highest BCUT2D eigenvalue weighted by molar-refractivity contribution is 5.05. The fourth-order valence-corrected chi connectivity index (χ4v) is 4.30. The molecule has 1 N–H and O–H groups in total. The number of hydrogen-bond donors (Lipinski definition) is 1. The SMILES string of the molecule is CCCC1(CCC)C2CCC(C2)C1O. The lowest BCUT2D eigenvalue weighted by Crippen LogP contribution is -2.40. The molecule has 2 bridgehead atoms. The summed E-state index contributed by atoms with van der Waals surface area (Å²) in [5, 5.41) is 10.4. The smallest absolute Gasteiger partial charge is 0.0627 e. The van der Waals surface area contributed by atoms with Crippen molar-refractivity contribution in [3.8, 4) is 0 Å². The summed E-state index contributed by atoms with van der Waals surface area (Å²) in [6.45, 7) is 4.52. The van der Waals surface area contributed by atoms with Crippen LogP contribution in [0.5, 0.6) is 0 Å². The van der Waals surface area contributed by atoms with Crippen molar-refractivity contribution in [1.29, 1.82) is 0 Å². The first-order valence-electron chi connectivity index (χ1n) is 6.42. The van der Waals surface area contributed by atoms with Crippen LogP contribution in [0.15, 0.2) is 0 Å². The quantitative estimate of drug-likeness (QED) is 0.731. The highest BCUT2D eigenvalue weighted by Gasteiger charge is 2.55. The van der Waals surface area contributed by atoms with Gasteiger partial charge in [0.05, 0.1) is 6.10 Å². The average molecular weight is 196 g/mol. The van der Waals surface area contributed by atoms with Gasteiger partial charge in [0, 0.05) is 0 Å². The standard InChI is InChI=1S/C13H24O/c1-3-7-13(8-4-2)11-6-5-10(9-11)12(13)14/h10-12,14H,3-9H2,1-2H3. The third-order valence-corrected chi connectivity index (χ3v) is 4.75. The van der Waals surface area contributed by atoms with Crippen molar-refractivity contribution in [3.05, 3.63) is 0 Å². The van der Waals surface area contributed by atoms with Crippen molar-refractivity contribution in [2.24, 2.45) is 17.3 Å². The number of aliphatic hydroxyl groups is 1. The van der Waals surface area contributed by atoms with E-state index in [-0.39, 0.29) is 6.10 Å². The molecule has 82 valence electrons. The lowest BCUT2D eigenvalue weighted by molar-refractivity contribution is -0.0336. The Morgan fingerprint density at radius 2 is 1.79 bits per heavy atom. The molecule has 0 aromatic heterocycles. The summed E-state index contributed by atoms with van der Waals surface area (Å²) in [6, 6.07) is 0. The van der Waals surface area contributed by atoms with Gasteiger partial charge in [-0.15, -0.1) is 0 Å². The molecule has 0 aromatic carbocycles. The fraction of sp³-hybridized carbons (Fsp3) is 1.00. The predicted molar refractivity (Wildman–Crippen MR) is 59.1 cm³/mol. The van der Waals surface area contributed by atoms with E-state index in [4.69, 9.17) is 0 Å². The van der Waals surface area contributed by atoms with Gasteiger partial charge in [0.25, 0.3) is 0 Å². The molecule has 0 aromatic rings. The maximum absolute atomic E-state index is 10.4. The van der Waals surface area contributed by atoms with E-state index in [0.29, 0.717) is 11.3 Å². The van der Waals surface area contributed by atoms with Crippen LogP contribution in [0.3, 0.4) is 0 Å². The Bertz CT molecular complexity index is 189. The Kier molecular flexibility index (Phi) is 2.88. The van der Waals surface area contributed by atoms with Crippen LogP contribution in [0.2, 0.25) is 0 Å². The molecule has 1 nitrogen and oxygen atoms in total. The van der Waals surface area contributed by atoms with Gasteiger partial charge < -0.3 is 5.11 Å². The molecular formula is C13H24O. The van der Waals surface area contributed by atoms with E-state index >= 15 is 0 Å². The van der Waals surface area contributed by atoms with Gasteiger partial charge in [-0.3, -0.25) is 0 Å². The Hall–Kier alpha value is -0.0400. The van der Waals surface area contributed by atoms with E-state index in [0.717, 1.165) is 5.92 Å². The minimum absolute atomic E-state index is 0.0288. The zero-order valence-corrected chi connectivity index (χ0v) is 9.63. The van der Waals surface area contributed by atoms with Gasteiger partial charge in [-0.2, -0.15) is 0 Å². The van der Waals surface area contributed by atoms with E-state index in [1.54, 1.807) is 0 Å². The van der Waals surface area contributed by atoms with Crippen LogP contribution >= 0.6 is 0 Å². The maximum Gasteiger partial charge on any atom is 0.0627 e. The Morgan fingerprint density at radius 3 is 2.21 bits per heavy atom. The van der Waals surface area contributed by atoms with Crippen LogP contribution in [0.1, 0.15) is 58.8 Å². The van der Waals surface area contributed by atoms with Gasteiger partial charge in [0.15, 0.2) is 0 Å². The molecule has 3 atom stereocenters. The van der Waals surface area contributed by atoms with Gasteiger partial charge in [0.2, 0.25) is 0 Å².